The molecule has 0 saturated carbocycles. The van der Waals surface area contributed by atoms with Crippen LogP contribution in [0.25, 0.3) is 0 Å². The summed E-state index contributed by atoms with van der Waals surface area (Å²) in [6, 6.07) is 30.6. The third-order valence-electron chi connectivity index (χ3n) is 11.7. The molecule has 2 fully saturated rings. The molecule has 0 radical (unpaired) electrons. The van der Waals surface area contributed by atoms with Crippen molar-refractivity contribution >= 4 is 17.1 Å². The van der Waals surface area contributed by atoms with E-state index in [9.17, 15) is 10.5 Å². The van der Waals surface area contributed by atoms with Gasteiger partial charge < -0.3 is 46.3 Å². The fraction of sp³-hybridized carbons (Fsp3) is 0.583. The minimum atomic E-state index is -1.99. The SMILES string of the molecule is CC[C@@H]1O[C@H](COP(OCCC#N)O[C@@H]2C(C)[C@H](C)O[C@@H]2COC(c2ccccc2)(c2ccc(OC)cc2)c2ccc(OC)cc2)[C@H](OP(OCCC#N)N(C(C)C)C(C)C)C1C. The van der Waals surface area contributed by atoms with Crippen LogP contribution in [0.3, 0.4) is 0 Å². The number of benzene rings is 3. The van der Waals surface area contributed by atoms with E-state index in [2.05, 4.69) is 77.4 Å². The molecule has 63 heavy (non-hydrogen) atoms. The Kier molecular flexibility index (Phi) is 20.0. The molecule has 0 N–H and O–H groups in total. The minimum Gasteiger partial charge on any atom is -0.497 e. The minimum absolute atomic E-state index is 0.0351. The molecule has 2 aliphatic heterocycles. The van der Waals surface area contributed by atoms with E-state index in [1.807, 2.05) is 73.7 Å². The molecule has 10 atom stereocenters. The molecule has 2 aliphatic rings. The van der Waals surface area contributed by atoms with Crippen LogP contribution in [-0.4, -0.2) is 94.0 Å². The molecule has 0 aromatic heterocycles. The molecule has 2 heterocycles. The van der Waals surface area contributed by atoms with Crippen molar-refractivity contribution in [3.05, 3.63) is 95.6 Å². The Labute approximate surface area is 378 Å². The van der Waals surface area contributed by atoms with Gasteiger partial charge in [-0.1, -0.05) is 75.4 Å². The Hall–Kier alpha value is -3.26. The van der Waals surface area contributed by atoms with Crippen LogP contribution in [0.15, 0.2) is 78.9 Å². The second-order valence-corrected chi connectivity index (χ2v) is 19.1. The smallest absolute Gasteiger partial charge is 0.333 e. The third-order valence-corrected chi connectivity index (χ3v) is 15.0. The van der Waals surface area contributed by atoms with Gasteiger partial charge in [-0.05, 0) is 82.0 Å². The summed E-state index contributed by atoms with van der Waals surface area (Å²) in [5.41, 5.74) is 1.67. The lowest BCUT2D eigenvalue weighted by atomic mass is 9.80. The molecule has 344 valence electrons. The molecule has 0 bridgehead atoms. The van der Waals surface area contributed by atoms with Gasteiger partial charge in [-0.3, -0.25) is 0 Å². The Morgan fingerprint density at radius 2 is 1.17 bits per heavy atom. The summed E-state index contributed by atoms with van der Waals surface area (Å²) in [6.07, 6.45) is -0.836. The van der Waals surface area contributed by atoms with Crippen LogP contribution in [-0.2, 0) is 42.4 Å². The number of rotatable bonds is 25. The van der Waals surface area contributed by atoms with Crippen LogP contribution in [0, 0.1) is 34.5 Å². The van der Waals surface area contributed by atoms with E-state index in [-0.39, 0.29) is 81.5 Å². The predicted octanol–water partition coefficient (Wildman–Crippen LogP) is 10.5. The molecule has 0 amide bonds. The summed E-state index contributed by atoms with van der Waals surface area (Å²) in [5.74, 6) is 1.44. The lowest BCUT2D eigenvalue weighted by molar-refractivity contribution is -0.0795. The zero-order valence-corrected chi connectivity index (χ0v) is 40.3. The van der Waals surface area contributed by atoms with Crippen molar-refractivity contribution in [2.75, 3.05) is 40.6 Å². The van der Waals surface area contributed by atoms with E-state index in [1.54, 1.807) is 14.2 Å². The highest BCUT2D eigenvalue weighted by molar-refractivity contribution is 7.44. The fourth-order valence-corrected chi connectivity index (χ4v) is 11.4. The quantitative estimate of drug-likeness (QED) is 0.0452. The van der Waals surface area contributed by atoms with E-state index in [4.69, 9.17) is 46.3 Å². The van der Waals surface area contributed by atoms with Crippen LogP contribution < -0.4 is 9.47 Å². The Balaban J connectivity index is 1.42. The first-order valence-corrected chi connectivity index (χ1v) is 24.3. The number of nitrogens with zero attached hydrogens (tertiary/aromatic N) is 3. The predicted molar refractivity (Wildman–Crippen MR) is 244 cm³/mol. The van der Waals surface area contributed by atoms with Gasteiger partial charge in [0.05, 0.1) is 83.9 Å². The van der Waals surface area contributed by atoms with Gasteiger partial charge >= 0.3 is 8.60 Å². The van der Waals surface area contributed by atoms with E-state index in [0.717, 1.165) is 34.6 Å². The molecular formula is C48H67N3O10P2. The summed E-state index contributed by atoms with van der Waals surface area (Å²) in [5, 5.41) is 18.7. The van der Waals surface area contributed by atoms with Crippen molar-refractivity contribution in [1.29, 1.82) is 10.5 Å². The average molecular weight is 908 g/mol. The van der Waals surface area contributed by atoms with Crippen molar-refractivity contribution in [3.63, 3.8) is 0 Å². The van der Waals surface area contributed by atoms with E-state index in [1.165, 1.54) is 0 Å². The van der Waals surface area contributed by atoms with Gasteiger partial charge in [-0.2, -0.15) is 10.5 Å². The zero-order chi connectivity index (χ0) is 45.5. The highest BCUT2D eigenvalue weighted by Crippen LogP contribution is 2.52. The summed E-state index contributed by atoms with van der Waals surface area (Å²) < 4.78 is 66.7. The van der Waals surface area contributed by atoms with Gasteiger partial charge in [0, 0.05) is 23.9 Å². The summed E-state index contributed by atoms with van der Waals surface area (Å²) >= 11 is 0. The van der Waals surface area contributed by atoms with Crippen molar-refractivity contribution in [3.8, 4) is 23.6 Å². The second kappa shape index (κ2) is 24.9. The van der Waals surface area contributed by atoms with Crippen LogP contribution >= 0.6 is 17.1 Å². The monoisotopic (exact) mass is 907 g/mol. The van der Waals surface area contributed by atoms with Crippen LogP contribution in [0.4, 0.5) is 0 Å². The van der Waals surface area contributed by atoms with Crippen molar-refractivity contribution in [1.82, 2.24) is 4.67 Å². The first kappa shape index (κ1) is 50.7. The maximum atomic E-state index is 9.45. The van der Waals surface area contributed by atoms with Gasteiger partial charge in [-0.15, -0.1) is 0 Å². The first-order chi connectivity index (χ1) is 30.4. The van der Waals surface area contributed by atoms with E-state index < -0.39 is 41.0 Å². The van der Waals surface area contributed by atoms with Crippen molar-refractivity contribution < 1.29 is 46.3 Å². The molecule has 0 spiro atoms. The fourth-order valence-electron chi connectivity index (χ4n) is 8.30. The van der Waals surface area contributed by atoms with E-state index in [0.29, 0.717) is 0 Å². The Morgan fingerprint density at radius 1 is 0.651 bits per heavy atom. The van der Waals surface area contributed by atoms with Gasteiger partial charge in [0.15, 0.2) is 0 Å². The molecule has 3 aromatic rings. The molecule has 15 heteroatoms. The largest absolute Gasteiger partial charge is 0.497 e. The number of methoxy groups -OCH3 is 2. The third kappa shape index (κ3) is 12.8. The number of nitriles is 2. The Bertz CT molecular complexity index is 1820. The molecule has 5 rings (SSSR count). The van der Waals surface area contributed by atoms with Crippen molar-refractivity contribution in [2.24, 2.45) is 11.8 Å². The molecular weight excluding hydrogens is 840 g/mol. The molecule has 13 nitrogen and oxygen atoms in total. The second-order valence-electron chi connectivity index (χ2n) is 16.5. The molecule has 0 aliphatic carbocycles. The first-order valence-electron chi connectivity index (χ1n) is 22.1. The molecule has 2 saturated heterocycles. The number of ether oxygens (including phenoxy) is 5. The summed E-state index contributed by atoms with van der Waals surface area (Å²) in [7, 11) is -0.221. The van der Waals surface area contributed by atoms with Gasteiger partial charge in [0.2, 0.25) is 0 Å². The number of hydrogen-bond acceptors (Lipinski definition) is 13. The Morgan fingerprint density at radius 3 is 1.70 bits per heavy atom. The van der Waals surface area contributed by atoms with Crippen LogP contribution in [0.5, 0.6) is 11.5 Å². The highest BCUT2D eigenvalue weighted by atomic mass is 31.2. The number of hydrogen-bond donors (Lipinski definition) is 0. The van der Waals surface area contributed by atoms with Gasteiger partial charge in [-0.25, -0.2) is 4.67 Å². The van der Waals surface area contributed by atoms with Gasteiger partial charge in [0.25, 0.3) is 8.53 Å². The lowest BCUT2D eigenvalue weighted by Crippen LogP contribution is -2.39. The van der Waals surface area contributed by atoms with Crippen LogP contribution in [0.1, 0.15) is 91.3 Å². The van der Waals surface area contributed by atoms with E-state index >= 15 is 0 Å². The standard InChI is InChI=1S/C48H67N3O10P2/c1-11-43-36(7)47(60-62(55-29-15-27-49)51(33(2)3)34(4)5)45(59-43)32-57-63(56-30-16-28-50)61-46-35(6)37(8)58-44(46)31-54-48(38-17-13-12-14-18-38,39-19-23-41(52-9)24-20-39)40-21-25-42(53-10)26-22-40/h12-14,17-26,33-37,43-47H,11,15-16,29-32H2,1-10H3/t35?,36?,37-,43-,44+,45+,46+,47+,62?,63?/m0/s1. The normalized spacial score (nSPS) is 24.7. The van der Waals surface area contributed by atoms with Crippen LogP contribution in [0.2, 0.25) is 0 Å². The maximum Gasteiger partial charge on any atom is 0.333 e. The van der Waals surface area contributed by atoms with Crippen molar-refractivity contribution in [2.45, 2.75) is 129 Å². The summed E-state index contributed by atoms with van der Waals surface area (Å²) in [4.78, 5) is 0. The topological polar surface area (TPSA) is 143 Å². The molecule has 3 aromatic carbocycles. The lowest BCUT2D eigenvalue weighted by Gasteiger charge is -2.38. The average Bonchev–Trinajstić information content (AvgIpc) is 3.74. The highest BCUT2D eigenvalue weighted by Gasteiger charge is 2.48. The van der Waals surface area contributed by atoms with Gasteiger partial charge in [0.1, 0.15) is 35.4 Å². The summed E-state index contributed by atoms with van der Waals surface area (Å²) in [6.45, 7) is 17.5. The maximum absolute atomic E-state index is 9.45. The zero-order valence-electron chi connectivity index (χ0n) is 38.5. The molecule has 4 unspecified atom stereocenters.